The number of nitrogens with two attached hydrogens (primary N) is 1. The van der Waals surface area contributed by atoms with Gasteiger partial charge >= 0.3 is 0 Å². The first-order valence-electron chi connectivity index (χ1n) is 6.77. The molecule has 1 aromatic heterocycles. The van der Waals surface area contributed by atoms with E-state index in [0.717, 1.165) is 13.0 Å². The van der Waals surface area contributed by atoms with Gasteiger partial charge in [0.15, 0.2) is 5.82 Å². The van der Waals surface area contributed by atoms with Crippen molar-refractivity contribution in [3.8, 4) is 0 Å². The molecule has 6 nitrogen and oxygen atoms in total. The number of carbonyl (C=O) groups is 1. The molecule has 2 unspecified atom stereocenters. The molecule has 0 bridgehead atoms. The summed E-state index contributed by atoms with van der Waals surface area (Å²) >= 11 is 0. The molecule has 1 fully saturated rings. The van der Waals surface area contributed by atoms with Crippen molar-refractivity contribution in [1.82, 2.24) is 10.1 Å². The predicted molar refractivity (Wildman–Crippen MR) is 79.9 cm³/mol. The number of aromatic nitrogens is 1. The predicted octanol–water partition coefficient (Wildman–Crippen LogP) is 1.40. The van der Waals surface area contributed by atoms with E-state index in [9.17, 15) is 4.79 Å². The van der Waals surface area contributed by atoms with Crippen LogP contribution in [0, 0.1) is 12.8 Å². The number of anilines is 1. The molecule has 0 spiro atoms. The Morgan fingerprint density at radius 3 is 3.00 bits per heavy atom. The third kappa shape index (κ3) is 4.19. The number of carbonyl (C=O) groups excluding carboxylic acids is 1. The zero-order valence-corrected chi connectivity index (χ0v) is 12.8. The van der Waals surface area contributed by atoms with Crippen LogP contribution in [-0.4, -0.2) is 41.6 Å². The molecule has 1 aliphatic rings. The van der Waals surface area contributed by atoms with Crippen LogP contribution in [0.3, 0.4) is 0 Å². The lowest BCUT2D eigenvalue weighted by Crippen LogP contribution is -2.51. The minimum atomic E-state index is -0.0687. The maximum absolute atomic E-state index is 12.0. The van der Waals surface area contributed by atoms with Gasteiger partial charge in [0.25, 0.3) is 0 Å². The van der Waals surface area contributed by atoms with Gasteiger partial charge in [-0.1, -0.05) is 12.1 Å². The van der Waals surface area contributed by atoms with E-state index in [0.29, 0.717) is 36.6 Å². The lowest BCUT2D eigenvalue weighted by atomic mass is 9.91. The first-order valence-corrected chi connectivity index (χ1v) is 6.77. The van der Waals surface area contributed by atoms with Crippen LogP contribution in [0.4, 0.5) is 5.82 Å². The number of nitrogens with one attached hydrogen (secondary N) is 1. The van der Waals surface area contributed by atoms with E-state index in [1.165, 1.54) is 6.42 Å². The zero-order chi connectivity index (χ0) is 13.8. The Balaban J connectivity index is 0.00000200. The summed E-state index contributed by atoms with van der Waals surface area (Å²) in [6.07, 6.45) is 2.30. The van der Waals surface area contributed by atoms with E-state index in [1.54, 1.807) is 13.0 Å². The summed E-state index contributed by atoms with van der Waals surface area (Å²) in [5.41, 5.74) is 5.81. The second-order valence-electron chi connectivity index (χ2n) is 5.26. The fourth-order valence-electron chi connectivity index (χ4n) is 2.70. The van der Waals surface area contributed by atoms with E-state index in [-0.39, 0.29) is 18.3 Å². The molecule has 3 N–H and O–H groups in total. The van der Waals surface area contributed by atoms with Crippen molar-refractivity contribution in [3.63, 3.8) is 0 Å². The molecule has 1 aromatic rings. The number of hydrogen-bond donors (Lipinski definition) is 2. The van der Waals surface area contributed by atoms with Gasteiger partial charge in [-0.3, -0.25) is 9.69 Å². The average Bonchev–Trinajstić information content (AvgIpc) is 2.75. The molecule has 0 aromatic carbocycles. The molecule has 0 aliphatic carbocycles. The van der Waals surface area contributed by atoms with Crippen molar-refractivity contribution in [1.29, 1.82) is 0 Å². The highest BCUT2D eigenvalue weighted by molar-refractivity contribution is 5.91. The van der Waals surface area contributed by atoms with Crippen LogP contribution in [0.25, 0.3) is 0 Å². The van der Waals surface area contributed by atoms with Crippen molar-refractivity contribution in [2.45, 2.75) is 32.7 Å². The first kappa shape index (κ1) is 16.9. The number of rotatable bonds is 4. The van der Waals surface area contributed by atoms with Crippen LogP contribution in [0.5, 0.6) is 0 Å². The van der Waals surface area contributed by atoms with E-state index < -0.39 is 0 Å². The molecular weight excluding hydrogens is 280 g/mol. The van der Waals surface area contributed by atoms with Crippen LogP contribution >= 0.6 is 12.4 Å². The summed E-state index contributed by atoms with van der Waals surface area (Å²) < 4.78 is 4.92. The zero-order valence-electron chi connectivity index (χ0n) is 12.0. The molecule has 20 heavy (non-hydrogen) atoms. The summed E-state index contributed by atoms with van der Waals surface area (Å²) in [5.74, 6) is 1.63. The molecule has 2 atom stereocenters. The average molecular weight is 303 g/mol. The van der Waals surface area contributed by atoms with Gasteiger partial charge in [0, 0.05) is 18.7 Å². The first-order chi connectivity index (χ1) is 9.10. The van der Waals surface area contributed by atoms with Gasteiger partial charge < -0.3 is 15.6 Å². The largest absolute Gasteiger partial charge is 0.360 e. The number of hydrogen-bond acceptors (Lipinski definition) is 5. The monoisotopic (exact) mass is 302 g/mol. The summed E-state index contributed by atoms with van der Waals surface area (Å²) in [7, 11) is 0. The van der Waals surface area contributed by atoms with Gasteiger partial charge in [0.05, 0.1) is 6.54 Å². The van der Waals surface area contributed by atoms with Gasteiger partial charge in [0.1, 0.15) is 5.76 Å². The van der Waals surface area contributed by atoms with Crippen LogP contribution < -0.4 is 11.1 Å². The van der Waals surface area contributed by atoms with Gasteiger partial charge in [-0.2, -0.15) is 0 Å². The van der Waals surface area contributed by atoms with Gasteiger partial charge in [0.2, 0.25) is 5.91 Å². The van der Waals surface area contributed by atoms with E-state index in [1.807, 2.05) is 0 Å². The van der Waals surface area contributed by atoms with Crippen LogP contribution in [0.15, 0.2) is 10.6 Å². The number of piperidine rings is 1. The molecular formula is C13H23ClN4O2. The van der Waals surface area contributed by atoms with Gasteiger partial charge in [-0.05, 0) is 32.2 Å². The maximum atomic E-state index is 12.0. The van der Waals surface area contributed by atoms with Crippen molar-refractivity contribution >= 4 is 24.1 Å². The molecule has 1 saturated heterocycles. The lowest BCUT2D eigenvalue weighted by Gasteiger charge is -2.38. The van der Waals surface area contributed by atoms with Crippen LogP contribution in [-0.2, 0) is 4.79 Å². The third-order valence-electron chi connectivity index (χ3n) is 3.71. The summed E-state index contributed by atoms with van der Waals surface area (Å²) in [5, 5.41) is 6.50. The topological polar surface area (TPSA) is 84.4 Å². The maximum Gasteiger partial charge on any atom is 0.239 e. The Morgan fingerprint density at radius 2 is 2.40 bits per heavy atom. The molecule has 1 aliphatic heterocycles. The number of nitrogens with zero attached hydrogens (tertiary/aromatic N) is 2. The van der Waals surface area contributed by atoms with E-state index in [4.69, 9.17) is 10.3 Å². The Labute approximate surface area is 125 Å². The SMILES string of the molecule is Cc1cc(NC(=O)CN2CCCC(C)C2CN)no1.Cl. The fraction of sp³-hybridized carbons (Fsp3) is 0.692. The lowest BCUT2D eigenvalue weighted by molar-refractivity contribution is -0.118. The van der Waals surface area contributed by atoms with Crippen molar-refractivity contribution < 1.29 is 9.32 Å². The Morgan fingerprint density at radius 1 is 1.65 bits per heavy atom. The quantitative estimate of drug-likeness (QED) is 0.878. The molecule has 0 radical (unpaired) electrons. The van der Waals surface area contributed by atoms with E-state index >= 15 is 0 Å². The highest BCUT2D eigenvalue weighted by Gasteiger charge is 2.28. The van der Waals surface area contributed by atoms with Crippen molar-refractivity contribution in [3.05, 3.63) is 11.8 Å². The number of amides is 1. The molecule has 7 heteroatoms. The van der Waals surface area contributed by atoms with Crippen molar-refractivity contribution in [2.24, 2.45) is 11.7 Å². The smallest absolute Gasteiger partial charge is 0.239 e. The summed E-state index contributed by atoms with van der Waals surface area (Å²) in [6.45, 7) is 5.87. The van der Waals surface area contributed by atoms with E-state index in [2.05, 4.69) is 22.3 Å². The Kier molecular flexibility index (Phi) is 6.45. The summed E-state index contributed by atoms with van der Waals surface area (Å²) in [4.78, 5) is 14.1. The normalized spacial score (nSPS) is 23.1. The standard InChI is InChI=1S/C13H22N4O2.ClH/c1-9-4-3-5-17(11(9)7-14)8-13(18)15-12-6-10(2)19-16-12;/h6,9,11H,3-5,7-8,14H2,1-2H3,(H,15,16,18);1H. The highest BCUT2D eigenvalue weighted by Crippen LogP contribution is 2.22. The minimum Gasteiger partial charge on any atom is -0.360 e. The number of halogens is 1. The molecule has 2 heterocycles. The molecule has 1 amide bonds. The Bertz CT molecular complexity index is 438. The molecule has 114 valence electrons. The summed E-state index contributed by atoms with van der Waals surface area (Å²) in [6, 6.07) is 2.00. The second kappa shape index (κ2) is 7.61. The molecule has 2 rings (SSSR count). The second-order valence-corrected chi connectivity index (χ2v) is 5.26. The minimum absolute atomic E-state index is 0. The number of aryl methyl sites for hydroxylation is 1. The Hall–Kier alpha value is -1.11. The van der Waals surface area contributed by atoms with Crippen molar-refractivity contribution in [2.75, 3.05) is 25.0 Å². The van der Waals surface area contributed by atoms with Gasteiger partial charge in [-0.15, -0.1) is 12.4 Å². The fourth-order valence-corrected chi connectivity index (χ4v) is 2.70. The van der Waals surface area contributed by atoms with Crippen LogP contribution in [0.2, 0.25) is 0 Å². The van der Waals surface area contributed by atoms with Crippen LogP contribution in [0.1, 0.15) is 25.5 Å². The molecule has 0 saturated carbocycles. The van der Waals surface area contributed by atoms with Gasteiger partial charge in [-0.25, -0.2) is 0 Å². The number of likely N-dealkylation sites (tertiary alicyclic amines) is 1. The highest BCUT2D eigenvalue weighted by atomic mass is 35.5. The third-order valence-corrected chi connectivity index (χ3v) is 3.71.